The molecule has 0 heterocycles. The van der Waals surface area contributed by atoms with Crippen molar-refractivity contribution in [2.45, 2.75) is 32.4 Å². The van der Waals surface area contributed by atoms with Gasteiger partial charge in [0.2, 0.25) is 0 Å². The van der Waals surface area contributed by atoms with Gasteiger partial charge in [0.15, 0.2) is 0 Å². The lowest BCUT2D eigenvalue weighted by atomic mass is 10.1. The maximum absolute atomic E-state index is 11.5. The molecule has 1 aromatic carbocycles. The summed E-state index contributed by atoms with van der Waals surface area (Å²) in [6.45, 7) is 5.63. The molecule has 0 saturated heterocycles. The molecule has 0 radical (unpaired) electrons. The molecule has 0 fully saturated rings. The molecule has 1 atom stereocenters. The van der Waals surface area contributed by atoms with E-state index in [1.807, 2.05) is 0 Å². The third kappa shape index (κ3) is 5.27. The van der Waals surface area contributed by atoms with Crippen molar-refractivity contribution in [3.63, 3.8) is 0 Å². The molecule has 6 heteroatoms. The number of rotatable bonds is 4. The van der Waals surface area contributed by atoms with E-state index in [9.17, 15) is 4.79 Å². The van der Waals surface area contributed by atoms with Gasteiger partial charge in [0.1, 0.15) is 11.4 Å². The zero-order chi connectivity index (χ0) is 15.3. The molecule has 3 N–H and O–H groups in total. The van der Waals surface area contributed by atoms with E-state index in [-0.39, 0.29) is 6.54 Å². The summed E-state index contributed by atoms with van der Waals surface area (Å²) in [4.78, 5) is 11.5. The van der Waals surface area contributed by atoms with Gasteiger partial charge < -0.3 is 20.5 Å². The van der Waals surface area contributed by atoms with Gasteiger partial charge in [-0.15, -0.1) is 0 Å². The standard InChI is InChI=1S/C14H21ClN2O3/c1-14(2,3)20-13(18)17-8-12(16)10-6-5-9(19-4)7-11(10)15/h5-7,12H,8,16H2,1-4H3,(H,17,18). The molecule has 1 unspecified atom stereocenters. The number of hydrogen-bond acceptors (Lipinski definition) is 4. The van der Waals surface area contributed by atoms with Crippen molar-refractivity contribution in [2.75, 3.05) is 13.7 Å². The molecule has 5 nitrogen and oxygen atoms in total. The van der Waals surface area contributed by atoms with Gasteiger partial charge >= 0.3 is 6.09 Å². The molecular weight excluding hydrogens is 280 g/mol. The SMILES string of the molecule is COc1ccc(C(N)CNC(=O)OC(C)(C)C)c(Cl)c1. The van der Waals surface area contributed by atoms with Crippen LogP contribution in [-0.2, 0) is 4.74 Å². The van der Waals surface area contributed by atoms with E-state index in [1.54, 1.807) is 46.1 Å². The van der Waals surface area contributed by atoms with Crippen LogP contribution in [0.4, 0.5) is 4.79 Å². The highest BCUT2D eigenvalue weighted by Gasteiger charge is 2.17. The Hall–Kier alpha value is -1.46. The van der Waals surface area contributed by atoms with Crippen LogP contribution in [0.5, 0.6) is 5.75 Å². The minimum absolute atomic E-state index is 0.237. The van der Waals surface area contributed by atoms with Crippen molar-refractivity contribution in [1.29, 1.82) is 0 Å². The summed E-state index contributed by atoms with van der Waals surface area (Å²) in [6, 6.07) is 4.82. The summed E-state index contributed by atoms with van der Waals surface area (Å²) in [5.41, 5.74) is 6.21. The fourth-order valence-electron chi connectivity index (χ4n) is 1.55. The molecule has 0 bridgehead atoms. The monoisotopic (exact) mass is 300 g/mol. The fraction of sp³-hybridized carbons (Fsp3) is 0.500. The normalized spacial score (nSPS) is 12.7. The lowest BCUT2D eigenvalue weighted by Crippen LogP contribution is -2.36. The van der Waals surface area contributed by atoms with Gasteiger partial charge in [-0.25, -0.2) is 4.79 Å². The highest BCUT2D eigenvalue weighted by atomic mass is 35.5. The van der Waals surface area contributed by atoms with Gasteiger partial charge in [0, 0.05) is 17.6 Å². The molecule has 0 spiro atoms. The molecular formula is C14H21ClN2O3. The summed E-state index contributed by atoms with van der Waals surface area (Å²) in [5.74, 6) is 0.658. The largest absolute Gasteiger partial charge is 0.497 e. The molecule has 1 rings (SSSR count). The lowest BCUT2D eigenvalue weighted by molar-refractivity contribution is 0.0524. The summed E-state index contributed by atoms with van der Waals surface area (Å²) >= 11 is 6.12. The molecule has 0 aliphatic heterocycles. The number of benzene rings is 1. The summed E-state index contributed by atoms with van der Waals surface area (Å²) in [7, 11) is 1.56. The zero-order valence-electron chi connectivity index (χ0n) is 12.2. The predicted molar refractivity (Wildman–Crippen MR) is 79.2 cm³/mol. The maximum atomic E-state index is 11.5. The van der Waals surface area contributed by atoms with Crippen molar-refractivity contribution in [3.05, 3.63) is 28.8 Å². The van der Waals surface area contributed by atoms with Crippen LogP contribution in [0.1, 0.15) is 32.4 Å². The number of ether oxygens (including phenoxy) is 2. The number of methoxy groups -OCH3 is 1. The number of carbonyl (C=O) groups is 1. The highest BCUT2D eigenvalue weighted by molar-refractivity contribution is 6.31. The van der Waals surface area contributed by atoms with Crippen LogP contribution in [0.25, 0.3) is 0 Å². The third-order valence-corrected chi connectivity index (χ3v) is 2.80. The van der Waals surface area contributed by atoms with Crippen LogP contribution in [0, 0.1) is 0 Å². The van der Waals surface area contributed by atoms with E-state index in [1.165, 1.54) is 0 Å². The molecule has 20 heavy (non-hydrogen) atoms. The van der Waals surface area contributed by atoms with Gasteiger partial charge in [0.05, 0.1) is 7.11 Å². The quantitative estimate of drug-likeness (QED) is 0.896. The van der Waals surface area contributed by atoms with E-state index < -0.39 is 17.7 Å². The number of nitrogens with one attached hydrogen (secondary N) is 1. The Morgan fingerprint density at radius 3 is 2.60 bits per heavy atom. The van der Waals surface area contributed by atoms with Crippen LogP contribution in [-0.4, -0.2) is 25.3 Å². The van der Waals surface area contributed by atoms with E-state index in [0.717, 1.165) is 5.56 Å². The van der Waals surface area contributed by atoms with Crippen LogP contribution >= 0.6 is 11.6 Å². The number of carbonyl (C=O) groups excluding carboxylic acids is 1. The second kappa shape index (κ2) is 6.81. The molecule has 1 aromatic rings. The second-order valence-corrected chi connectivity index (χ2v) is 5.78. The van der Waals surface area contributed by atoms with Crippen LogP contribution in [0.2, 0.25) is 5.02 Å². The van der Waals surface area contributed by atoms with Gasteiger partial charge in [-0.2, -0.15) is 0 Å². The third-order valence-electron chi connectivity index (χ3n) is 2.47. The smallest absolute Gasteiger partial charge is 0.407 e. The first-order valence-corrected chi connectivity index (χ1v) is 6.66. The molecule has 112 valence electrons. The van der Waals surface area contributed by atoms with E-state index in [0.29, 0.717) is 10.8 Å². The first-order chi connectivity index (χ1) is 9.23. The number of hydrogen-bond donors (Lipinski definition) is 2. The Kier molecular flexibility index (Phi) is 5.65. The minimum atomic E-state index is -0.536. The Bertz CT molecular complexity index is 472. The van der Waals surface area contributed by atoms with Gasteiger partial charge in [-0.1, -0.05) is 17.7 Å². The van der Waals surface area contributed by atoms with Crippen molar-refractivity contribution in [2.24, 2.45) is 5.73 Å². The first kappa shape index (κ1) is 16.6. The van der Waals surface area contributed by atoms with Crippen molar-refractivity contribution < 1.29 is 14.3 Å². The highest BCUT2D eigenvalue weighted by Crippen LogP contribution is 2.26. The van der Waals surface area contributed by atoms with E-state index >= 15 is 0 Å². The van der Waals surface area contributed by atoms with Gasteiger partial charge in [-0.05, 0) is 38.5 Å². The van der Waals surface area contributed by atoms with Crippen molar-refractivity contribution in [1.82, 2.24) is 5.32 Å². The summed E-state index contributed by atoms with van der Waals surface area (Å²) in [5, 5.41) is 3.12. The Labute approximate surface area is 124 Å². The van der Waals surface area contributed by atoms with Crippen LogP contribution in [0.3, 0.4) is 0 Å². The maximum Gasteiger partial charge on any atom is 0.407 e. The number of halogens is 1. The fourth-order valence-corrected chi connectivity index (χ4v) is 1.86. The van der Waals surface area contributed by atoms with Gasteiger partial charge in [0.25, 0.3) is 0 Å². The number of alkyl carbamates (subject to hydrolysis) is 1. The first-order valence-electron chi connectivity index (χ1n) is 6.29. The summed E-state index contributed by atoms with van der Waals surface area (Å²) < 4.78 is 10.2. The molecule has 0 aliphatic rings. The Morgan fingerprint density at radius 1 is 1.45 bits per heavy atom. The molecule has 0 aromatic heterocycles. The van der Waals surface area contributed by atoms with Gasteiger partial charge in [-0.3, -0.25) is 0 Å². The predicted octanol–water partition coefficient (Wildman–Crippen LogP) is 2.87. The minimum Gasteiger partial charge on any atom is -0.497 e. The number of nitrogens with two attached hydrogens (primary N) is 1. The average Bonchev–Trinajstić information content (AvgIpc) is 2.33. The lowest BCUT2D eigenvalue weighted by Gasteiger charge is -2.21. The van der Waals surface area contributed by atoms with E-state index in [2.05, 4.69) is 5.32 Å². The van der Waals surface area contributed by atoms with E-state index in [4.69, 9.17) is 26.8 Å². The van der Waals surface area contributed by atoms with Crippen LogP contribution < -0.4 is 15.8 Å². The molecule has 1 amide bonds. The topological polar surface area (TPSA) is 73.6 Å². The Balaban J connectivity index is 2.59. The summed E-state index contributed by atoms with van der Waals surface area (Å²) in [6.07, 6.45) is -0.502. The van der Waals surface area contributed by atoms with Crippen molar-refractivity contribution in [3.8, 4) is 5.75 Å². The Morgan fingerprint density at radius 2 is 2.10 bits per heavy atom. The number of amides is 1. The molecule has 0 aliphatic carbocycles. The second-order valence-electron chi connectivity index (χ2n) is 5.38. The van der Waals surface area contributed by atoms with Crippen molar-refractivity contribution >= 4 is 17.7 Å². The van der Waals surface area contributed by atoms with Crippen LogP contribution in [0.15, 0.2) is 18.2 Å². The zero-order valence-corrected chi connectivity index (χ0v) is 13.0. The average molecular weight is 301 g/mol. The molecule has 0 saturated carbocycles.